The van der Waals surface area contributed by atoms with Gasteiger partial charge in [-0.2, -0.15) is 0 Å². The number of benzene rings is 2. The zero-order chi connectivity index (χ0) is 18.2. The Bertz CT molecular complexity index is 770. The fraction of sp³-hybridized carbons (Fsp3) is 0.211. The van der Waals surface area contributed by atoms with Crippen LogP contribution in [0, 0.1) is 6.92 Å². The molecule has 6 nitrogen and oxygen atoms in total. The summed E-state index contributed by atoms with van der Waals surface area (Å²) in [6, 6.07) is 12.4. The summed E-state index contributed by atoms with van der Waals surface area (Å²) in [5.74, 6) is -1.26. The number of esters is 1. The van der Waals surface area contributed by atoms with Gasteiger partial charge in [-0.3, -0.25) is 14.4 Å². The van der Waals surface area contributed by atoms with Crippen LogP contribution in [0.2, 0.25) is 0 Å². The molecule has 0 saturated carbocycles. The average molecular weight is 393 g/mol. The van der Waals surface area contributed by atoms with Gasteiger partial charge in [-0.1, -0.05) is 29.8 Å². The van der Waals surface area contributed by atoms with Crippen LogP contribution in [0.4, 0.5) is 0 Å². The zero-order valence-corrected chi connectivity index (χ0v) is 15.6. The number of aldehydes is 1. The van der Waals surface area contributed by atoms with Crippen molar-refractivity contribution >= 4 is 18.2 Å². The summed E-state index contributed by atoms with van der Waals surface area (Å²) in [7, 11) is 0. The molecular weight excluding hydrogens is 375 g/mol. The molecule has 0 amide bonds. The summed E-state index contributed by atoms with van der Waals surface area (Å²) >= 11 is 0. The maximum atomic E-state index is 11.6. The van der Waals surface area contributed by atoms with Gasteiger partial charge in [0.05, 0.1) is 18.4 Å². The smallest absolute Gasteiger partial charge is 0.311 e. The molecule has 0 bridgehead atoms. The number of carboxylic acids is 1. The Morgan fingerprint density at radius 1 is 1.08 bits per heavy atom. The molecule has 0 aliphatic rings. The van der Waals surface area contributed by atoms with E-state index in [1.807, 2.05) is 31.2 Å². The van der Waals surface area contributed by atoms with Crippen LogP contribution in [0.5, 0.6) is 11.5 Å². The quantitative estimate of drug-likeness (QED) is 0.421. The Morgan fingerprint density at radius 2 is 1.77 bits per heavy atom. The minimum Gasteiger partial charge on any atom is -0.489 e. The molecule has 0 aliphatic carbocycles. The third kappa shape index (κ3) is 6.74. The van der Waals surface area contributed by atoms with E-state index in [9.17, 15) is 14.4 Å². The van der Waals surface area contributed by atoms with E-state index in [4.69, 9.17) is 14.6 Å². The van der Waals surface area contributed by atoms with E-state index in [0.717, 1.165) is 11.1 Å². The van der Waals surface area contributed by atoms with Crippen molar-refractivity contribution in [2.45, 2.75) is 26.4 Å². The van der Waals surface area contributed by atoms with E-state index in [1.54, 1.807) is 6.07 Å². The van der Waals surface area contributed by atoms with Gasteiger partial charge in [0.2, 0.25) is 0 Å². The van der Waals surface area contributed by atoms with Gasteiger partial charge in [0.1, 0.15) is 18.1 Å². The summed E-state index contributed by atoms with van der Waals surface area (Å²) in [5, 5.41) is 8.55. The first-order chi connectivity index (χ1) is 12.0. The van der Waals surface area contributed by atoms with Crippen molar-refractivity contribution < 1.29 is 47.5 Å². The summed E-state index contributed by atoms with van der Waals surface area (Å²) in [6.07, 6.45) is -0.0369. The Morgan fingerprint density at radius 3 is 2.38 bits per heavy atom. The van der Waals surface area contributed by atoms with Gasteiger partial charge in [-0.05, 0) is 30.7 Å². The van der Waals surface area contributed by atoms with Crippen molar-refractivity contribution in [2.24, 2.45) is 0 Å². The monoisotopic (exact) mass is 393 g/mol. The molecule has 0 spiro atoms. The first-order valence-electron chi connectivity index (χ1n) is 7.68. The maximum absolute atomic E-state index is 11.6. The minimum absolute atomic E-state index is 0. The van der Waals surface area contributed by atoms with Crippen molar-refractivity contribution in [3.8, 4) is 11.5 Å². The Kier molecular flexibility index (Phi) is 8.62. The van der Waals surface area contributed by atoms with E-state index >= 15 is 0 Å². The maximum Gasteiger partial charge on any atom is 0.311 e. The number of carbonyl (C=O) groups excluding carboxylic acids is 2. The Labute approximate surface area is 163 Å². The number of ether oxygens (including phenoxy) is 2. The molecule has 26 heavy (non-hydrogen) atoms. The van der Waals surface area contributed by atoms with E-state index in [-0.39, 0.29) is 42.7 Å². The SMILES string of the molecule is Cc1ccc(COc2ccc(OC(=O)CCC(=O)O)c(C=O)c2)cc1.[V]. The topological polar surface area (TPSA) is 89.9 Å². The molecule has 2 aromatic rings. The first kappa shape index (κ1) is 21.5. The molecule has 2 rings (SSSR count). The predicted molar refractivity (Wildman–Crippen MR) is 89.8 cm³/mol. The van der Waals surface area contributed by atoms with Crippen LogP contribution in [-0.2, 0) is 34.8 Å². The van der Waals surface area contributed by atoms with E-state index in [0.29, 0.717) is 18.6 Å². The van der Waals surface area contributed by atoms with Crippen LogP contribution in [-0.4, -0.2) is 23.3 Å². The van der Waals surface area contributed by atoms with Crippen LogP contribution < -0.4 is 9.47 Å². The number of carbonyl (C=O) groups is 3. The number of aliphatic carboxylic acids is 1. The van der Waals surface area contributed by atoms with Crippen molar-refractivity contribution in [3.05, 3.63) is 59.2 Å². The van der Waals surface area contributed by atoms with Crippen LogP contribution in [0.3, 0.4) is 0 Å². The van der Waals surface area contributed by atoms with Crippen LogP contribution in [0.15, 0.2) is 42.5 Å². The first-order valence-corrected chi connectivity index (χ1v) is 7.68. The van der Waals surface area contributed by atoms with Gasteiger partial charge < -0.3 is 14.6 Å². The average Bonchev–Trinajstić information content (AvgIpc) is 2.60. The minimum atomic E-state index is -1.09. The van der Waals surface area contributed by atoms with Gasteiger partial charge in [0.15, 0.2) is 6.29 Å². The molecule has 2 aromatic carbocycles. The van der Waals surface area contributed by atoms with Crippen LogP contribution >= 0.6 is 0 Å². The second-order valence-corrected chi connectivity index (χ2v) is 5.46. The number of rotatable bonds is 8. The van der Waals surface area contributed by atoms with Crippen LogP contribution in [0.25, 0.3) is 0 Å². The summed E-state index contributed by atoms with van der Waals surface area (Å²) < 4.78 is 10.7. The molecule has 1 N–H and O–H groups in total. The molecular formula is C19H18O6V. The third-order valence-corrected chi connectivity index (χ3v) is 3.40. The molecule has 0 aliphatic heterocycles. The van der Waals surface area contributed by atoms with Crippen molar-refractivity contribution in [1.29, 1.82) is 0 Å². The summed E-state index contributed by atoms with van der Waals surface area (Å²) in [5.41, 5.74) is 2.30. The van der Waals surface area contributed by atoms with Gasteiger partial charge in [0.25, 0.3) is 0 Å². The predicted octanol–water partition coefficient (Wildman–Crippen LogP) is 3.15. The summed E-state index contributed by atoms with van der Waals surface area (Å²) in [4.78, 5) is 33.2. The van der Waals surface area contributed by atoms with Crippen molar-refractivity contribution in [2.75, 3.05) is 0 Å². The molecule has 7 heteroatoms. The molecule has 0 atom stereocenters. The standard InChI is InChI=1S/C19H18O6.V/c1-13-2-4-14(5-3-13)12-24-16-6-7-17(15(10-16)11-20)25-19(23)9-8-18(21)22;/h2-7,10-11H,8-9,12H2,1H3,(H,21,22);. The molecule has 0 saturated heterocycles. The van der Waals surface area contributed by atoms with Gasteiger partial charge >= 0.3 is 11.9 Å². The Hall–Kier alpha value is -2.57. The molecule has 1 radical (unpaired) electrons. The van der Waals surface area contributed by atoms with Gasteiger partial charge in [0, 0.05) is 18.6 Å². The molecule has 0 heterocycles. The molecule has 0 aromatic heterocycles. The van der Waals surface area contributed by atoms with E-state index < -0.39 is 11.9 Å². The van der Waals surface area contributed by atoms with Crippen molar-refractivity contribution in [3.63, 3.8) is 0 Å². The second kappa shape index (κ2) is 10.4. The zero-order valence-electron chi connectivity index (χ0n) is 14.2. The van der Waals surface area contributed by atoms with Crippen LogP contribution in [0.1, 0.15) is 34.3 Å². The molecule has 0 unspecified atom stereocenters. The Balaban J connectivity index is 0.00000338. The van der Waals surface area contributed by atoms with Gasteiger partial charge in [-0.15, -0.1) is 0 Å². The summed E-state index contributed by atoms with van der Waals surface area (Å²) in [6.45, 7) is 2.34. The van der Waals surface area contributed by atoms with E-state index in [1.165, 1.54) is 12.1 Å². The number of hydrogen-bond acceptors (Lipinski definition) is 5. The fourth-order valence-corrected chi connectivity index (χ4v) is 2.04. The fourth-order valence-electron chi connectivity index (χ4n) is 2.04. The number of hydrogen-bond donors (Lipinski definition) is 1. The second-order valence-electron chi connectivity index (χ2n) is 5.46. The molecule has 0 fully saturated rings. The third-order valence-electron chi connectivity index (χ3n) is 3.40. The largest absolute Gasteiger partial charge is 0.489 e. The normalized spacial score (nSPS) is 9.73. The van der Waals surface area contributed by atoms with Crippen molar-refractivity contribution in [1.82, 2.24) is 0 Å². The van der Waals surface area contributed by atoms with E-state index in [2.05, 4.69) is 0 Å². The van der Waals surface area contributed by atoms with Gasteiger partial charge in [-0.25, -0.2) is 0 Å². The number of aryl methyl sites for hydroxylation is 1. The molecule has 135 valence electrons. The number of carboxylic acid groups (broad SMARTS) is 1.